The first kappa shape index (κ1) is 19.3. The maximum Gasteiger partial charge on any atom is 0.248 e. The summed E-state index contributed by atoms with van der Waals surface area (Å²) in [6.45, 7) is 6.83. The summed E-state index contributed by atoms with van der Waals surface area (Å²) in [5.41, 5.74) is 4.04. The molecule has 0 aliphatic carbocycles. The lowest BCUT2D eigenvalue weighted by Gasteiger charge is -2.05. The van der Waals surface area contributed by atoms with Crippen molar-refractivity contribution in [3.63, 3.8) is 0 Å². The van der Waals surface area contributed by atoms with Gasteiger partial charge in [-0.05, 0) is 42.6 Å². The Morgan fingerprint density at radius 3 is 2.70 bits per heavy atom. The highest BCUT2D eigenvalue weighted by molar-refractivity contribution is 7.03. The molecule has 27 heavy (non-hydrogen) atoms. The molecule has 1 amide bonds. The first-order valence-electron chi connectivity index (χ1n) is 8.53. The molecule has 140 valence electrons. The van der Waals surface area contributed by atoms with E-state index in [1.807, 2.05) is 36.6 Å². The van der Waals surface area contributed by atoms with Gasteiger partial charge in [-0.1, -0.05) is 42.1 Å². The van der Waals surface area contributed by atoms with Crippen LogP contribution in [0.4, 0.5) is 5.69 Å². The van der Waals surface area contributed by atoms with Crippen LogP contribution in [0, 0.1) is 12.8 Å². The standard InChI is InChI=1S/C19H20ClN5OS/c1-12(2)10-25-19(20)16(13(3)23-25)8-9-18(26)21-15-6-4-14(5-7-15)17-11-27-24-22-17/h4-9,11-12H,10H2,1-3H3,(H,21,26). The predicted molar refractivity (Wildman–Crippen MR) is 110 cm³/mol. The van der Waals surface area contributed by atoms with E-state index in [0.717, 1.165) is 29.1 Å². The quantitative estimate of drug-likeness (QED) is 0.609. The Balaban J connectivity index is 1.66. The van der Waals surface area contributed by atoms with E-state index in [2.05, 4.69) is 33.8 Å². The Morgan fingerprint density at radius 2 is 2.07 bits per heavy atom. The van der Waals surface area contributed by atoms with Gasteiger partial charge in [0.2, 0.25) is 5.91 Å². The third-order valence-corrected chi connectivity index (χ3v) is 4.76. The molecule has 0 unspecified atom stereocenters. The molecule has 6 nitrogen and oxygen atoms in total. The highest BCUT2D eigenvalue weighted by atomic mass is 35.5. The molecule has 0 saturated carbocycles. The fourth-order valence-electron chi connectivity index (χ4n) is 2.58. The van der Waals surface area contributed by atoms with Gasteiger partial charge in [0.25, 0.3) is 0 Å². The molecule has 3 aromatic rings. The van der Waals surface area contributed by atoms with E-state index in [1.165, 1.54) is 17.6 Å². The number of carbonyl (C=O) groups excluding carboxylic acids is 1. The van der Waals surface area contributed by atoms with Crippen LogP contribution in [-0.2, 0) is 11.3 Å². The molecule has 0 fully saturated rings. The van der Waals surface area contributed by atoms with Crippen LogP contribution in [0.25, 0.3) is 17.3 Å². The molecular weight excluding hydrogens is 382 g/mol. The minimum atomic E-state index is -0.231. The number of benzene rings is 1. The fraction of sp³-hybridized carbons (Fsp3) is 0.263. The second-order valence-electron chi connectivity index (χ2n) is 6.56. The molecule has 0 radical (unpaired) electrons. The topological polar surface area (TPSA) is 72.7 Å². The normalized spacial score (nSPS) is 11.4. The number of aromatic nitrogens is 4. The number of halogens is 1. The first-order valence-corrected chi connectivity index (χ1v) is 9.75. The number of hydrogen-bond acceptors (Lipinski definition) is 5. The maximum absolute atomic E-state index is 12.2. The smallest absolute Gasteiger partial charge is 0.248 e. The number of aryl methyl sites for hydroxylation is 1. The largest absolute Gasteiger partial charge is 0.323 e. The lowest BCUT2D eigenvalue weighted by atomic mass is 10.1. The summed E-state index contributed by atoms with van der Waals surface area (Å²) in [6, 6.07) is 7.46. The van der Waals surface area contributed by atoms with Crippen molar-refractivity contribution in [2.75, 3.05) is 5.32 Å². The SMILES string of the molecule is Cc1nn(CC(C)C)c(Cl)c1C=CC(=O)Nc1ccc(-c2csnn2)cc1. The number of carbonyl (C=O) groups is 1. The Bertz CT molecular complexity index is 945. The molecule has 2 aromatic heterocycles. The van der Waals surface area contributed by atoms with E-state index < -0.39 is 0 Å². The van der Waals surface area contributed by atoms with Gasteiger partial charge in [-0.2, -0.15) is 5.10 Å². The van der Waals surface area contributed by atoms with Gasteiger partial charge in [-0.25, -0.2) is 0 Å². The van der Waals surface area contributed by atoms with Crippen molar-refractivity contribution in [3.05, 3.63) is 52.1 Å². The van der Waals surface area contributed by atoms with Crippen molar-refractivity contribution in [2.24, 2.45) is 5.92 Å². The van der Waals surface area contributed by atoms with Gasteiger partial charge in [0.15, 0.2) is 0 Å². The van der Waals surface area contributed by atoms with Crippen molar-refractivity contribution in [1.29, 1.82) is 0 Å². The minimum Gasteiger partial charge on any atom is -0.323 e. The third-order valence-electron chi connectivity index (χ3n) is 3.86. The van der Waals surface area contributed by atoms with Crippen LogP contribution in [0.3, 0.4) is 0 Å². The molecule has 0 atom stereocenters. The summed E-state index contributed by atoms with van der Waals surface area (Å²) in [4.78, 5) is 12.2. The van der Waals surface area contributed by atoms with Crippen LogP contribution in [-0.4, -0.2) is 25.3 Å². The summed E-state index contributed by atoms with van der Waals surface area (Å²) >= 11 is 7.69. The van der Waals surface area contributed by atoms with Crippen molar-refractivity contribution in [1.82, 2.24) is 19.4 Å². The van der Waals surface area contributed by atoms with E-state index in [0.29, 0.717) is 16.8 Å². The first-order chi connectivity index (χ1) is 12.9. The van der Waals surface area contributed by atoms with E-state index >= 15 is 0 Å². The van der Waals surface area contributed by atoms with E-state index in [1.54, 1.807) is 10.8 Å². The molecular formula is C19H20ClN5OS. The monoisotopic (exact) mass is 401 g/mol. The van der Waals surface area contributed by atoms with Gasteiger partial charge in [0, 0.05) is 34.8 Å². The minimum absolute atomic E-state index is 0.231. The predicted octanol–water partition coefficient (Wildman–Crippen LogP) is 4.67. The molecule has 0 bridgehead atoms. The van der Waals surface area contributed by atoms with Crippen LogP contribution < -0.4 is 5.32 Å². The van der Waals surface area contributed by atoms with Gasteiger partial charge in [0.1, 0.15) is 10.8 Å². The van der Waals surface area contributed by atoms with Crippen LogP contribution in [0.1, 0.15) is 25.1 Å². The zero-order valence-corrected chi connectivity index (χ0v) is 16.9. The highest BCUT2D eigenvalue weighted by Gasteiger charge is 2.12. The molecule has 8 heteroatoms. The van der Waals surface area contributed by atoms with Gasteiger partial charge in [-0.15, -0.1) is 5.10 Å². The van der Waals surface area contributed by atoms with E-state index in [9.17, 15) is 4.79 Å². The van der Waals surface area contributed by atoms with Crippen LogP contribution in [0.5, 0.6) is 0 Å². The second-order valence-corrected chi connectivity index (χ2v) is 7.52. The molecule has 0 spiro atoms. The number of hydrogen-bond donors (Lipinski definition) is 1. The van der Waals surface area contributed by atoms with E-state index in [-0.39, 0.29) is 5.91 Å². The summed E-state index contributed by atoms with van der Waals surface area (Å²) in [5, 5.41) is 13.7. The maximum atomic E-state index is 12.2. The highest BCUT2D eigenvalue weighted by Crippen LogP contribution is 2.23. The average Bonchev–Trinajstić information content (AvgIpc) is 3.23. The molecule has 3 rings (SSSR count). The molecule has 2 heterocycles. The molecule has 0 aliphatic heterocycles. The number of nitrogens with one attached hydrogen (secondary N) is 1. The summed E-state index contributed by atoms with van der Waals surface area (Å²) in [6.07, 6.45) is 3.17. The molecule has 1 aromatic carbocycles. The van der Waals surface area contributed by atoms with Gasteiger partial charge in [0.05, 0.1) is 5.69 Å². The number of amides is 1. The zero-order valence-electron chi connectivity index (χ0n) is 15.3. The molecule has 0 saturated heterocycles. The summed E-state index contributed by atoms with van der Waals surface area (Å²) in [7, 11) is 0. The van der Waals surface area contributed by atoms with Crippen LogP contribution >= 0.6 is 23.1 Å². The van der Waals surface area contributed by atoms with Crippen molar-refractivity contribution in [2.45, 2.75) is 27.3 Å². The van der Waals surface area contributed by atoms with Crippen molar-refractivity contribution in [3.8, 4) is 11.3 Å². The Labute approximate surface area is 167 Å². The molecule has 0 aliphatic rings. The van der Waals surface area contributed by atoms with Crippen molar-refractivity contribution >= 4 is 40.8 Å². The fourth-order valence-corrected chi connectivity index (χ4v) is 3.35. The lowest BCUT2D eigenvalue weighted by Crippen LogP contribution is -2.07. The van der Waals surface area contributed by atoms with Gasteiger partial charge < -0.3 is 5.32 Å². The number of anilines is 1. The number of nitrogens with zero attached hydrogens (tertiary/aromatic N) is 4. The average molecular weight is 402 g/mol. The Hall–Kier alpha value is -2.51. The van der Waals surface area contributed by atoms with Crippen molar-refractivity contribution < 1.29 is 4.79 Å². The molecule has 1 N–H and O–H groups in total. The summed E-state index contributed by atoms with van der Waals surface area (Å²) < 4.78 is 5.62. The van der Waals surface area contributed by atoms with Gasteiger partial charge >= 0.3 is 0 Å². The van der Waals surface area contributed by atoms with Crippen LogP contribution in [0.2, 0.25) is 5.15 Å². The van der Waals surface area contributed by atoms with Gasteiger partial charge in [-0.3, -0.25) is 9.48 Å². The third kappa shape index (κ3) is 4.81. The Morgan fingerprint density at radius 1 is 1.33 bits per heavy atom. The zero-order chi connectivity index (χ0) is 19.4. The Kier molecular flexibility index (Phi) is 6.03. The number of rotatable bonds is 6. The van der Waals surface area contributed by atoms with E-state index in [4.69, 9.17) is 11.6 Å². The summed E-state index contributed by atoms with van der Waals surface area (Å²) in [5.74, 6) is 0.204. The lowest BCUT2D eigenvalue weighted by molar-refractivity contribution is -0.111. The second kappa shape index (κ2) is 8.45. The van der Waals surface area contributed by atoms with Crippen LogP contribution in [0.15, 0.2) is 35.7 Å².